The quantitative estimate of drug-likeness (QED) is 0.617. The number of hydrogen-bond donors (Lipinski definition) is 1. The maximum Gasteiger partial charge on any atom is 0.269 e. The van der Waals surface area contributed by atoms with E-state index in [9.17, 15) is 13.2 Å². The third kappa shape index (κ3) is 3.22. The third-order valence-corrected chi connectivity index (χ3v) is 3.82. The number of nitrogen functional groups attached to an aromatic ring is 1. The monoisotopic (exact) mass is 275 g/mol. The highest BCUT2D eigenvalue weighted by molar-refractivity contribution is 8.03. The van der Waals surface area contributed by atoms with E-state index in [0.717, 1.165) is 6.42 Å². The summed E-state index contributed by atoms with van der Waals surface area (Å²) >= 11 is 0.663. The average Bonchev–Trinajstić information content (AvgIpc) is 2.33. The Labute approximate surface area is 109 Å². The lowest BCUT2D eigenvalue weighted by Crippen LogP contribution is -2.04. The molecule has 1 unspecified atom stereocenters. The van der Waals surface area contributed by atoms with Crippen LogP contribution in [0.1, 0.15) is 31.7 Å². The van der Waals surface area contributed by atoms with E-state index in [1.54, 1.807) is 0 Å². The van der Waals surface area contributed by atoms with Crippen molar-refractivity contribution in [3.63, 3.8) is 0 Å². The Hall–Kier alpha value is -1.10. The van der Waals surface area contributed by atoms with Crippen molar-refractivity contribution in [2.45, 2.75) is 37.5 Å². The minimum Gasteiger partial charge on any atom is -0.398 e. The maximum atomic E-state index is 13.8. The molecule has 0 aliphatic carbocycles. The molecule has 0 aromatic heterocycles. The van der Waals surface area contributed by atoms with Gasteiger partial charge in [-0.1, -0.05) is 32.2 Å². The van der Waals surface area contributed by atoms with E-state index in [4.69, 9.17) is 5.73 Å². The summed E-state index contributed by atoms with van der Waals surface area (Å²) in [5.74, 6) is -0.528. The molecule has 0 fully saturated rings. The van der Waals surface area contributed by atoms with Crippen LogP contribution in [0.5, 0.6) is 0 Å². The van der Waals surface area contributed by atoms with Crippen LogP contribution in [-0.4, -0.2) is 6.43 Å². The van der Waals surface area contributed by atoms with Crippen molar-refractivity contribution in [3.8, 4) is 0 Å². The number of thioether (sulfide) groups is 1. The highest BCUT2D eigenvalue weighted by atomic mass is 32.2. The fourth-order valence-corrected chi connectivity index (χ4v) is 2.53. The number of rotatable bonds is 5. The van der Waals surface area contributed by atoms with Crippen molar-refractivity contribution in [1.82, 2.24) is 0 Å². The Morgan fingerprint density at radius 1 is 1.44 bits per heavy atom. The molecule has 5 heteroatoms. The lowest BCUT2D eigenvalue weighted by atomic mass is 9.97. The molecule has 0 heterocycles. The molecule has 100 valence electrons. The lowest BCUT2D eigenvalue weighted by molar-refractivity contribution is 0.200. The first-order valence-corrected chi connectivity index (χ1v) is 6.42. The average molecular weight is 275 g/mol. The van der Waals surface area contributed by atoms with Gasteiger partial charge in [0.05, 0.1) is 4.90 Å². The second kappa shape index (κ2) is 6.18. The summed E-state index contributed by atoms with van der Waals surface area (Å²) in [5, 5.41) is 0. The zero-order valence-electron chi connectivity index (χ0n) is 10.3. The van der Waals surface area contributed by atoms with Crippen LogP contribution in [0.4, 0.5) is 18.9 Å². The van der Waals surface area contributed by atoms with E-state index in [1.165, 1.54) is 12.1 Å². The SMILES string of the molecule is C=C(Sc1c(F)ccc(N)c1C(C)CC)C(F)F. The van der Waals surface area contributed by atoms with Gasteiger partial charge < -0.3 is 5.73 Å². The summed E-state index contributed by atoms with van der Waals surface area (Å²) < 4.78 is 38.8. The Morgan fingerprint density at radius 2 is 2.06 bits per heavy atom. The van der Waals surface area contributed by atoms with Crippen molar-refractivity contribution in [2.24, 2.45) is 0 Å². The van der Waals surface area contributed by atoms with Gasteiger partial charge in [0, 0.05) is 10.6 Å². The van der Waals surface area contributed by atoms with Crippen LogP contribution in [0.2, 0.25) is 0 Å². The van der Waals surface area contributed by atoms with Gasteiger partial charge >= 0.3 is 0 Å². The molecule has 0 aliphatic rings. The number of allylic oxidation sites excluding steroid dienone is 1. The van der Waals surface area contributed by atoms with E-state index in [0.29, 0.717) is 23.0 Å². The highest BCUT2D eigenvalue weighted by Gasteiger charge is 2.20. The first-order valence-electron chi connectivity index (χ1n) is 5.61. The fourth-order valence-electron chi connectivity index (χ4n) is 1.58. The predicted molar refractivity (Wildman–Crippen MR) is 70.5 cm³/mol. The van der Waals surface area contributed by atoms with E-state index in [2.05, 4.69) is 6.58 Å². The van der Waals surface area contributed by atoms with Gasteiger partial charge in [0.15, 0.2) is 0 Å². The molecule has 0 aliphatic heterocycles. The van der Waals surface area contributed by atoms with Crippen molar-refractivity contribution >= 4 is 17.4 Å². The van der Waals surface area contributed by atoms with Gasteiger partial charge in [-0.05, 0) is 30.0 Å². The first-order chi connectivity index (χ1) is 8.38. The Balaban J connectivity index is 3.23. The summed E-state index contributed by atoms with van der Waals surface area (Å²) in [6.07, 6.45) is -1.93. The molecule has 0 bridgehead atoms. The van der Waals surface area contributed by atoms with Crippen molar-refractivity contribution in [2.75, 3.05) is 5.73 Å². The summed E-state index contributed by atoms with van der Waals surface area (Å²) in [6.45, 7) is 7.08. The Kier molecular flexibility index (Phi) is 5.14. The molecular weight excluding hydrogens is 259 g/mol. The summed E-state index contributed by atoms with van der Waals surface area (Å²) in [7, 11) is 0. The fraction of sp³-hybridized carbons (Fsp3) is 0.385. The molecule has 0 spiro atoms. The van der Waals surface area contributed by atoms with E-state index < -0.39 is 12.2 Å². The topological polar surface area (TPSA) is 26.0 Å². The predicted octanol–water partition coefficient (Wildman–Crippen LogP) is 4.79. The molecule has 1 aromatic carbocycles. The molecule has 1 aromatic rings. The van der Waals surface area contributed by atoms with Crippen LogP contribution in [0, 0.1) is 5.82 Å². The number of halogens is 3. The van der Waals surface area contributed by atoms with Crippen molar-refractivity contribution in [3.05, 3.63) is 35.0 Å². The minimum absolute atomic E-state index is 0.00803. The van der Waals surface area contributed by atoms with E-state index in [-0.39, 0.29) is 15.7 Å². The van der Waals surface area contributed by atoms with Gasteiger partial charge in [-0.2, -0.15) is 0 Å². The van der Waals surface area contributed by atoms with Crippen LogP contribution >= 0.6 is 11.8 Å². The lowest BCUT2D eigenvalue weighted by Gasteiger charge is -2.18. The Bertz CT molecular complexity index is 446. The molecule has 18 heavy (non-hydrogen) atoms. The second-order valence-electron chi connectivity index (χ2n) is 4.06. The standard InChI is InChI=1S/C13H16F3NS/c1-4-7(2)11-10(17)6-5-9(14)12(11)18-8(3)13(15)16/h5-7,13H,3-4,17H2,1-2H3. The maximum absolute atomic E-state index is 13.8. The molecule has 1 rings (SSSR count). The molecule has 0 amide bonds. The van der Waals surface area contributed by atoms with Crippen molar-refractivity contribution < 1.29 is 13.2 Å². The molecule has 2 N–H and O–H groups in total. The molecule has 0 radical (unpaired) electrons. The number of hydrogen-bond acceptors (Lipinski definition) is 2. The number of alkyl halides is 2. The number of anilines is 1. The van der Waals surface area contributed by atoms with Gasteiger partial charge in [0.1, 0.15) is 5.82 Å². The van der Waals surface area contributed by atoms with Crippen LogP contribution in [0.25, 0.3) is 0 Å². The number of nitrogens with two attached hydrogens (primary N) is 1. The minimum atomic E-state index is -2.68. The largest absolute Gasteiger partial charge is 0.398 e. The highest BCUT2D eigenvalue weighted by Crippen LogP contribution is 2.40. The first kappa shape index (κ1) is 15.0. The molecular formula is C13H16F3NS. The molecule has 1 nitrogen and oxygen atoms in total. The zero-order valence-corrected chi connectivity index (χ0v) is 11.2. The Morgan fingerprint density at radius 3 is 2.56 bits per heavy atom. The second-order valence-corrected chi connectivity index (χ2v) is 5.19. The van der Waals surface area contributed by atoms with Crippen LogP contribution in [-0.2, 0) is 0 Å². The van der Waals surface area contributed by atoms with Crippen LogP contribution < -0.4 is 5.73 Å². The molecule has 0 saturated heterocycles. The third-order valence-electron chi connectivity index (χ3n) is 2.76. The molecule has 1 atom stereocenters. The van der Waals surface area contributed by atoms with Gasteiger partial charge in [0.2, 0.25) is 0 Å². The van der Waals surface area contributed by atoms with Gasteiger partial charge in [-0.3, -0.25) is 0 Å². The summed E-state index contributed by atoms with van der Waals surface area (Å²) in [4.78, 5) is -0.210. The van der Waals surface area contributed by atoms with E-state index in [1.807, 2.05) is 13.8 Å². The van der Waals surface area contributed by atoms with Crippen molar-refractivity contribution in [1.29, 1.82) is 0 Å². The van der Waals surface area contributed by atoms with E-state index >= 15 is 0 Å². The van der Waals surface area contributed by atoms with Gasteiger partial charge in [0.25, 0.3) is 6.43 Å². The smallest absolute Gasteiger partial charge is 0.269 e. The summed E-state index contributed by atoms with van der Waals surface area (Å²) in [6, 6.07) is 2.66. The zero-order chi connectivity index (χ0) is 13.9. The normalized spacial score (nSPS) is 12.8. The summed E-state index contributed by atoms with van der Waals surface area (Å²) in [5.41, 5.74) is 6.83. The van der Waals surface area contributed by atoms with Gasteiger partial charge in [-0.15, -0.1) is 0 Å². The molecule has 0 saturated carbocycles. The van der Waals surface area contributed by atoms with Crippen LogP contribution in [0.15, 0.2) is 28.5 Å². The number of benzene rings is 1. The van der Waals surface area contributed by atoms with Gasteiger partial charge in [-0.25, -0.2) is 13.2 Å². The van der Waals surface area contributed by atoms with Crippen LogP contribution in [0.3, 0.4) is 0 Å².